The van der Waals surface area contributed by atoms with Crippen LogP contribution in [0, 0.1) is 0 Å². The van der Waals surface area contributed by atoms with Gasteiger partial charge in [-0.1, -0.05) is 23.7 Å². The Hall–Kier alpha value is -1.35. The van der Waals surface area contributed by atoms with Crippen LogP contribution in [-0.2, 0) is 4.79 Å². The van der Waals surface area contributed by atoms with Gasteiger partial charge < -0.3 is 5.32 Å². The van der Waals surface area contributed by atoms with E-state index in [1.165, 1.54) is 6.92 Å². The molecule has 1 aromatic rings. The molecule has 1 amide bonds. The third-order valence-corrected chi connectivity index (χ3v) is 2.16. The quantitative estimate of drug-likeness (QED) is 0.801. The molecule has 3 nitrogen and oxygen atoms in total. The number of carbonyl (C=O) groups is 2. The first-order valence-corrected chi connectivity index (χ1v) is 4.95. The van der Waals surface area contributed by atoms with Gasteiger partial charge in [0.2, 0.25) is 5.91 Å². The molecule has 0 aromatic heterocycles. The van der Waals surface area contributed by atoms with E-state index in [0.29, 0.717) is 10.6 Å². The van der Waals surface area contributed by atoms with Crippen LogP contribution < -0.4 is 5.32 Å². The molecule has 0 aliphatic carbocycles. The molecular weight excluding hydrogens is 214 g/mol. The van der Waals surface area contributed by atoms with Gasteiger partial charge in [-0.2, -0.15) is 0 Å². The van der Waals surface area contributed by atoms with Gasteiger partial charge in [-0.05, 0) is 19.1 Å². The highest BCUT2D eigenvalue weighted by molar-refractivity contribution is 6.31. The van der Waals surface area contributed by atoms with E-state index < -0.39 is 6.04 Å². The van der Waals surface area contributed by atoms with Crippen molar-refractivity contribution < 1.29 is 9.59 Å². The van der Waals surface area contributed by atoms with Gasteiger partial charge in [0.15, 0.2) is 5.78 Å². The van der Waals surface area contributed by atoms with Crippen LogP contribution >= 0.6 is 11.6 Å². The van der Waals surface area contributed by atoms with Crippen LogP contribution in [0.5, 0.6) is 0 Å². The standard InChI is InChI=1S/C11H12ClNO2/c1-7(13-8(2)14)11(15)9-4-3-5-10(12)6-9/h3-7H,1-2H3,(H,13,14)/t7-/m0/s1. The number of carbonyl (C=O) groups excluding carboxylic acids is 2. The Labute approximate surface area is 93.4 Å². The zero-order valence-electron chi connectivity index (χ0n) is 8.58. The molecule has 0 radical (unpaired) electrons. The molecule has 4 heteroatoms. The SMILES string of the molecule is CC(=O)N[C@@H](C)C(=O)c1cccc(Cl)c1. The van der Waals surface area contributed by atoms with E-state index in [1.807, 2.05) is 0 Å². The second kappa shape index (κ2) is 4.94. The first-order chi connectivity index (χ1) is 7.00. The largest absolute Gasteiger partial charge is 0.346 e. The third-order valence-electron chi connectivity index (χ3n) is 1.92. The fourth-order valence-corrected chi connectivity index (χ4v) is 1.45. The van der Waals surface area contributed by atoms with Crippen LogP contribution in [0.4, 0.5) is 0 Å². The molecule has 0 bridgehead atoms. The lowest BCUT2D eigenvalue weighted by Crippen LogP contribution is -2.37. The molecule has 0 saturated carbocycles. The Morgan fingerprint density at radius 2 is 2.07 bits per heavy atom. The van der Waals surface area contributed by atoms with Crippen LogP contribution in [0.2, 0.25) is 5.02 Å². The van der Waals surface area contributed by atoms with Crippen molar-refractivity contribution in [3.8, 4) is 0 Å². The zero-order valence-corrected chi connectivity index (χ0v) is 9.34. The summed E-state index contributed by atoms with van der Waals surface area (Å²) in [6.07, 6.45) is 0. The van der Waals surface area contributed by atoms with Crippen molar-refractivity contribution in [2.45, 2.75) is 19.9 Å². The summed E-state index contributed by atoms with van der Waals surface area (Å²) in [7, 11) is 0. The summed E-state index contributed by atoms with van der Waals surface area (Å²) in [5.74, 6) is -0.370. The summed E-state index contributed by atoms with van der Waals surface area (Å²) in [4.78, 5) is 22.5. The number of ketones is 1. The fourth-order valence-electron chi connectivity index (χ4n) is 1.26. The topological polar surface area (TPSA) is 46.2 Å². The summed E-state index contributed by atoms with van der Waals surface area (Å²) in [5, 5.41) is 3.04. The molecule has 0 aliphatic rings. The van der Waals surface area contributed by atoms with Crippen molar-refractivity contribution in [3.05, 3.63) is 34.9 Å². The molecule has 0 aliphatic heterocycles. The predicted octanol–water partition coefficient (Wildman–Crippen LogP) is 2.05. The van der Waals surface area contributed by atoms with Gasteiger partial charge in [0.05, 0.1) is 6.04 Å². The minimum atomic E-state index is -0.527. The number of amides is 1. The minimum absolute atomic E-state index is 0.146. The molecular formula is C11H12ClNO2. The summed E-state index contributed by atoms with van der Waals surface area (Å²) < 4.78 is 0. The highest BCUT2D eigenvalue weighted by Crippen LogP contribution is 2.12. The van der Waals surface area contributed by atoms with Crippen molar-refractivity contribution in [3.63, 3.8) is 0 Å². The Bertz CT molecular complexity index is 390. The monoisotopic (exact) mass is 225 g/mol. The number of halogens is 1. The lowest BCUT2D eigenvalue weighted by molar-refractivity contribution is -0.119. The van der Waals surface area contributed by atoms with E-state index in [-0.39, 0.29) is 11.7 Å². The fraction of sp³-hybridized carbons (Fsp3) is 0.273. The molecule has 1 aromatic carbocycles. The van der Waals surface area contributed by atoms with E-state index in [4.69, 9.17) is 11.6 Å². The van der Waals surface area contributed by atoms with E-state index >= 15 is 0 Å². The van der Waals surface area contributed by atoms with Gasteiger partial charge in [0, 0.05) is 17.5 Å². The number of rotatable bonds is 3. The molecule has 1 N–H and O–H groups in total. The molecule has 1 atom stereocenters. The van der Waals surface area contributed by atoms with Crippen LogP contribution in [0.3, 0.4) is 0 Å². The normalized spacial score (nSPS) is 11.9. The first-order valence-electron chi connectivity index (χ1n) is 4.57. The smallest absolute Gasteiger partial charge is 0.217 e. The maximum absolute atomic E-state index is 11.8. The average molecular weight is 226 g/mol. The van der Waals surface area contributed by atoms with E-state index in [0.717, 1.165) is 0 Å². The maximum Gasteiger partial charge on any atom is 0.217 e. The summed E-state index contributed by atoms with van der Waals surface area (Å²) >= 11 is 5.76. The van der Waals surface area contributed by atoms with Gasteiger partial charge in [-0.3, -0.25) is 9.59 Å². The second-order valence-electron chi connectivity index (χ2n) is 3.30. The lowest BCUT2D eigenvalue weighted by atomic mass is 10.1. The molecule has 0 heterocycles. The van der Waals surface area contributed by atoms with E-state index in [9.17, 15) is 9.59 Å². The Morgan fingerprint density at radius 1 is 1.40 bits per heavy atom. The second-order valence-corrected chi connectivity index (χ2v) is 3.73. The highest BCUT2D eigenvalue weighted by atomic mass is 35.5. The number of hydrogen-bond donors (Lipinski definition) is 1. The molecule has 0 spiro atoms. The molecule has 0 fully saturated rings. The predicted molar refractivity (Wildman–Crippen MR) is 59.1 cm³/mol. The van der Waals surface area contributed by atoms with Crippen molar-refractivity contribution in [2.24, 2.45) is 0 Å². The van der Waals surface area contributed by atoms with Gasteiger partial charge in [-0.15, -0.1) is 0 Å². The Kier molecular flexibility index (Phi) is 3.86. The summed E-state index contributed by atoms with van der Waals surface area (Å²) in [5.41, 5.74) is 0.503. The summed E-state index contributed by atoms with van der Waals surface area (Å²) in [6, 6.07) is 6.13. The van der Waals surface area contributed by atoms with Crippen molar-refractivity contribution in [1.82, 2.24) is 5.32 Å². The van der Waals surface area contributed by atoms with E-state index in [1.54, 1.807) is 31.2 Å². The van der Waals surface area contributed by atoms with Crippen molar-refractivity contribution in [2.75, 3.05) is 0 Å². The summed E-state index contributed by atoms with van der Waals surface area (Å²) in [6.45, 7) is 3.02. The Morgan fingerprint density at radius 3 is 2.60 bits per heavy atom. The molecule has 80 valence electrons. The van der Waals surface area contributed by atoms with Gasteiger partial charge >= 0.3 is 0 Å². The minimum Gasteiger partial charge on any atom is -0.346 e. The molecule has 1 rings (SSSR count). The molecule has 0 saturated heterocycles. The van der Waals surface area contributed by atoms with Gasteiger partial charge in [0.25, 0.3) is 0 Å². The van der Waals surface area contributed by atoms with Crippen molar-refractivity contribution >= 4 is 23.3 Å². The van der Waals surface area contributed by atoms with Crippen LogP contribution in [0.25, 0.3) is 0 Å². The highest BCUT2D eigenvalue weighted by Gasteiger charge is 2.15. The van der Waals surface area contributed by atoms with E-state index in [2.05, 4.69) is 5.32 Å². The maximum atomic E-state index is 11.8. The van der Waals surface area contributed by atoms with Crippen molar-refractivity contribution in [1.29, 1.82) is 0 Å². The lowest BCUT2D eigenvalue weighted by Gasteiger charge is -2.11. The Balaban J connectivity index is 2.80. The van der Waals surface area contributed by atoms with Crippen LogP contribution in [0.1, 0.15) is 24.2 Å². The molecule has 15 heavy (non-hydrogen) atoms. The average Bonchev–Trinajstić information content (AvgIpc) is 2.15. The third kappa shape index (κ3) is 3.36. The van der Waals surface area contributed by atoms with Gasteiger partial charge in [0.1, 0.15) is 0 Å². The molecule has 0 unspecified atom stereocenters. The van der Waals surface area contributed by atoms with Crippen LogP contribution in [0.15, 0.2) is 24.3 Å². The number of benzene rings is 1. The first kappa shape index (κ1) is 11.7. The number of nitrogens with one attached hydrogen (secondary N) is 1. The number of Topliss-reactive ketones (excluding diaryl/α,β-unsaturated/α-hetero) is 1. The van der Waals surface area contributed by atoms with Crippen LogP contribution in [-0.4, -0.2) is 17.7 Å². The number of hydrogen-bond acceptors (Lipinski definition) is 2. The zero-order chi connectivity index (χ0) is 11.4. The van der Waals surface area contributed by atoms with Gasteiger partial charge in [-0.25, -0.2) is 0 Å².